The van der Waals surface area contributed by atoms with Gasteiger partial charge in [-0.25, -0.2) is 0 Å². The Balaban J connectivity index is 2.20. The summed E-state index contributed by atoms with van der Waals surface area (Å²) in [5, 5.41) is 21.2. The van der Waals surface area contributed by atoms with Crippen LogP contribution in [0, 0.1) is 0 Å². The van der Waals surface area contributed by atoms with Gasteiger partial charge in [0.1, 0.15) is 11.5 Å². The number of carbonyl (C=O) groups excluding carboxylic acids is 1. The first kappa shape index (κ1) is 8.87. The maximum absolute atomic E-state index is 11.5. The van der Waals surface area contributed by atoms with Crippen LogP contribution in [-0.4, -0.2) is 22.2 Å². The number of carbonyl (C=O) groups is 1. The Morgan fingerprint density at radius 2 is 2.07 bits per heavy atom. The number of aromatic hydroxyl groups is 2. The summed E-state index contributed by atoms with van der Waals surface area (Å²) < 4.78 is 0. The van der Waals surface area contributed by atoms with Crippen LogP contribution in [0.1, 0.15) is 23.2 Å². The molecule has 1 fully saturated rings. The molecule has 0 heterocycles. The molecule has 1 aromatic carbocycles. The van der Waals surface area contributed by atoms with Crippen molar-refractivity contribution in [1.82, 2.24) is 5.32 Å². The summed E-state index contributed by atoms with van der Waals surface area (Å²) in [5.74, 6) is -0.467. The van der Waals surface area contributed by atoms with Gasteiger partial charge in [-0.3, -0.25) is 4.79 Å². The molecule has 0 atom stereocenters. The van der Waals surface area contributed by atoms with Gasteiger partial charge in [0.05, 0.1) is 5.56 Å². The summed E-state index contributed by atoms with van der Waals surface area (Å²) in [7, 11) is 0. The van der Waals surface area contributed by atoms with Crippen molar-refractivity contribution < 1.29 is 15.0 Å². The second kappa shape index (κ2) is 3.21. The Morgan fingerprint density at radius 3 is 2.71 bits per heavy atom. The Morgan fingerprint density at radius 1 is 1.36 bits per heavy atom. The zero-order valence-electron chi connectivity index (χ0n) is 7.53. The fraction of sp³-hybridized carbons (Fsp3) is 0.300. The molecule has 0 aromatic heterocycles. The van der Waals surface area contributed by atoms with Crippen LogP contribution in [0.15, 0.2) is 18.2 Å². The van der Waals surface area contributed by atoms with E-state index < -0.39 is 0 Å². The molecule has 0 unspecified atom stereocenters. The molecular weight excluding hydrogens is 182 g/mol. The number of hydrogen-bond acceptors (Lipinski definition) is 3. The third-order valence-electron chi connectivity index (χ3n) is 2.14. The van der Waals surface area contributed by atoms with Gasteiger partial charge in [0.2, 0.25) is 0 Å². The van der Waals surface area contributed by atoms with Crippen molar-refractivity contribution in [3.8, 4) is 11.5 Å². The van der Waals surface area contributed by atoms with E-state index >= 15 is 0 Å². The van der Waals surface area contributed by atoms with Gasteiger partial charge in [0.15, 0.2) is 0 Å². The van der Waals surface area contributed by atoms with E-state index in [0.29, 0.717) is 0 Å². The molecule has 1 aliphatic rings. The second-order valence-electron chi connectivity index (χ2n) is 3.45. The van der Waals surface area contributed by atoms with E-state index in [1.54, 1.807) is 0 Å². The van der Waals surface area contributed by atoms with E-state index in [4.69, 9.17) is 5.11 Å². The Hall–Kier alpha value is -1.71. The average Bonchev–Trinajstić information content (AvgIpc) is 2.93. The SMILES string of the molecule is O=C(NC1CC1)c1cc(O)ccc1O. The van der Waals surface area contributed by atoms with E-state index in [2.05, 4.69) is 5.32 Å². The predicted octanol–water partition coefficient (Wildman–Crippen LogP) is 0.990. The van der Waals surface area contributed by atoms with Crippen LogP contribution < -0.4 is 5.32 Å². The average molecular weight is 193 g/mol. The first-order chi connectivity index (χ1) is 6.66. The molecule has 2 rings (SSSR count). The minimum Gasteiger partial charge on any atom is -0.508 e. The number of nitrogens with one attached hydrogen (secondary N) is 1. The second-order valence-corrected chi connectivity index (χ2v) is 3.45. The fourth-order valence-corrected chi connectivity index (χ4v) is 1.20. The molecule has 74 valence electrons. The van der Waals surface area contributed by atoms with Crippen LogP contribution in [0.3, 0.4) is 0 Å². The van der Waals surface area contributed by atoms with Gasteiger partial charge in [-0.15, -0.1) is 0 Å². The molecule has 4 nitrogen and oxygen atoms in total. The predicted molar refractivity (Wildman–Crippen MR) is 50.3 cm³/mol. The molecule has 0 radical (unpaired) electrons. The summed E-state index contributed by atoms with van der Waals surface area (Å²) in [5.41, 5.74) is 0.122. The van der Waals surface area contributed by atoms with E-state index in [9.17, 15) is 9.90 Å². The summed E-state index contributed by atoms with van der Waals surface area (Å²) in [6.45, 7) is 0. The summed E-state index contributed by atoms with van der Waals surface area (Å²) >= 11 is 0. The summed E-state index contributed by atoms with van der Waals surface area (Å²) in [4.78, 5) is 11.5. The molecule has 0 bridgehead atoms. The van der Waals surface area contributed by atoms with Gasteiger partial charge >= 0.3 is 0 Å². The molecule has 4 heteroatoms. The van der Waals surface area contributed by atoms with E-state index in [-0.39, 0.29) is 29.0 Å². The number of phenols is 2. The van der Waals surface area contributed by atoms with Crippen LogP contribution in [0.5, 0.6) is 11.5 Å². The number of hydrogen-bond donors (Lipinski definition) is 3. The molecule has 14 heavy (non-hydrogen) atoms. The van der Waals surface area contributed by atoms with Gasteiger partial charge in [-0.05, 0) is 31.0 Å². The number of benzene rings is 1. The van der Waals surface area contributed by atoms with Crippen LogP contribution in [0.2, 0.25) is 0 Å². The number of rotatable bonds is 2. The van der Waals surface area contributed by atoms with Crippen molar-refractivity contribution in [1.29, 1.82) is 0 Å². The maximum Gasteiger partial charge on any atom is 0.255 e. The third-order valence-corrected chi connectivity index (χ3v) is 2.14. The van der Waals surface area contributed by atoms with Crippen molar-refractivity contribution in [2.75, 3.05) is 0 Å². The molecular formula is C10H11NO3. The summed E-state index contributed by atoms with van der Waals surface area (Å²) in [6.07, 6.45) is 1.98. The van der Waals surface area contributed by atoms with Crippen LogP contribution in [0.4, 0.5) is 0 Å². The number of amides is 1. The molecule has 1 amide bonds. The number of phenolic OH excluding ortho intramolecular Hbond substituents is 2. The van der Waals surface area contributed by atoms with Crippen molar-refractivity contribution in [3.05, 3.63) is 23.8 Å². The lowest BCUT2D eigenvalue weighted by molar-refractivity contribution is 0.0948. The van der Waals surface area contributed by atoms with Crippen LogP contribution in [-0.2, 0) is 0 Å². The largest absolute Gasteiger partial charge is 0.508 e. The van der Waals surface area contributed by atoms with Crippen LogP contribution >= 0.6 is 0 Å². The van der Waals surface area contributed by atoms with Crippen molar-refractivity contribution in [2.45, 2.75) is 18.9 Å². The zero-order valence-corrected chi connectivity index (χ0v) is 7.53. The van der Waals surface area contributed by atoms with Gasteiger partial charge < -0.3 is 15.5 Å². The zero-order chi connectivity index (χ0) is 10.1. The lowest BCUT2D eigenvalue weighted by Crippen LogP contribution is -2.25. The van der Waals surface area contributed by atoms with Gasteiger partial charge in [0, 0.05) is 6.04 Å². The molecule has 0 saturated heterocycles. The standard InChI is InChI=1S/C10H11NO3/c12-7-3-4-9(13)8(5-7)10(14)11-6-1-2-6/h3-6,12-13H,1-2H2,(H,11,14). The molecule has 1 saturated carbocycles. The lowest BCUT2D eigenvalue weighted by atomic mass is 10.2. The monoisotopic (exact) mass is 193 g/mol. The van der Waals surface area contributed by atoms with E-state index in [1.807, 2.05) is 0 Å². The molecule has 0 aliphatic heterocycles. The summed E-state index contributed by atoms with van der Waals surface area (Å²) in [6, 6.07) is 4.14. The Bertz CT molecular complexity index is 372. The lowest BCUT2D eigenvalue weighted by Gasteiger charge is -2.05. The first-order valence-corrected chi connectivity index (χ1v) is 4.49. The van der Waals surface area contributed by atoms with Crippen molar-refractivity contribution >= 4 is 5.91 Å². The highest BCUT2D eigenvalue weighted by molar-refractivity contribution is 5.97. The highest BCUT2D eigenvalue weighted by Gasteiger charge is 2.24. The van der Waals surface area contributed by atoms with Gasteiger partial charge in [-0.2, -0.15) is 0 Å². The highest BCUT2D eigenvalue weighted by atomic mass is 16.3. The fourth-order valence-electron chi connectivity index (χ4n) is 1.20. The quantitative estimate of drug-likeness (QED) is 0.613. The molecule has 1 aliphatic carbocycles. The van der Waals surface area contributed by atoms with E-state index in [0.717, 1.165) is 12.8 Å². The highest BCUT2D eigenvalue weighted by Crippen LogP contribution is 2.24. The van der Waals surface area contributed by atoms with Crippen molar-refractivity contribution in [2.24, 2.45) is 0 Å². The van der Waals surface area contributed by atoms with Crippen molar-refractivity contribution in [3.63, 3.8) is 0 Å². The van der Waals surface area contributed by atoms with Gasteiger partial charge in [0.25, 0.3) is 5.91 Å². The minimum absolute atomic E-state index is 0.0243. The smallest absolute Gasteiger partial charge is 0.255 e. The molecule has 1 aromatic rings. The molecule has 0 spiro atoms. The van der Waals surface area contributed by atoms with E-state index in [1.165, 1.54) is 18.2 Å². The Labute approximate surface area is 81.2 Å². The normalized spacial score (nSPS) is 15.1. The topological polar surface area (TPSA) is 69.6 Å². The molecule has 3 N–H and O–H groups in total. The minimum atomic E-state index is -0.332. The first-order valence-electron chi connectivity index (χ1n) is 4.49. The Kier molecular flexibility index (Phi) is 2.04. The maximum atomic E-state index is 11.5. The van der Waals surface area contributed by atoms with Gasteiger partial charge in [-0.1, -0.05) is 0 Å². The van der Waals surface area contributed by atoms with Crippen LogP contribution in [0.25, 0.3) is 0 Å². The third kappa shape index (κ3) is 1.79.